The molecule has 2 aromatic heterocycles. The van der Waals surface area contributed by atoms with Gasteiger partial charge < -0.3 is 9.47 Å². The number of thiazole rings is 1. The van der Waals surface area contributed by atoms with E-state index in [2.05, 4.69) is 33.1 Å². The van der Waals surface area contributed by atoms with Crippen LogP contribution in [0.15, 0.2) is 47.4 Å². The zero-order valence-corrected chi connectivity index (χ0v) is 17.5. The highest BCUT2D eigenvalue weighted by Crippen LogP contribution is 2.32. The molecule has 0 unspecified atom stereocenters. The summed E-state index contributed by atoms with van der Waals surface area (Å²) in [7, 11) is 1.66. The maximum absolute atomic E-state index is 6.14. The van der Waals surface area contributed by atoms with Crippen LogP contribution in [0.25, 0.3) is 11.1 Å². The molecule has 1 aliphatic rings. The molecule has 0 bridgehead atoms. The average Bonchev–Trinajstić information content (AvgIpc) is 3.27. The fourth-order valence-electron chi connectivity index (χ4n) is 3.25. The molecule has 1 aliphatic heterocycles. The Labute approximate surface area is 173 Å². The van der Waals surface area contributed by atoms with E-state index in [1.165, 1.54) is 17.1 Å². The Kier molecular flexibility index (Phi) is 6.46. The second-order valence-corrected chi connectivity index (χ2v) is 8.48. The lowest BCUT2D eigenvalue weighted by Crippen LogP contribution is -2.32. The van der Waals surface area contributed by atoms with Crippen molar-refractivity contribution in [2.24, 2.45) is 0 Å². The second-order valence-electron chi connectivity index (χ2n) is 6.54. The number of hydrogen-bond donors (Lipinski definition) is 0. The summed E-state index contributed by atoms with van der Waals surface area (Å²) in [5, 5.41) is 2.02. The Hall–Kier alpha value is -2.09. The lowest BCUT2D eigenvalue weighted by Gasteiger charge is -2.27. The summed E-state index contributed by atoms with van der Waals surface area (Å²) in [5.74, 6) is 3.92. The first-order valence-electron chi connectivity index (χ1n) is 9.26. The van der Waals surface area contributed by atoms with Crippen molar-refractivity contribution in [1.29, 1.82) is 0 Å². The third kappa shape index (κ3) is 4.66. The van der Waals surface area contributed by atoms with E-state index in [1.807, 2.05) is 34.8 Å². The number of ether oxygens (including phenoxy) is 2. The van der Waals surface area contributed by atoms with E-state index in [0.29, 0.717) is 12.5 Å². The molecule has 3 heterocycles. The van der Waals surface area contributed by atoms with Gasteiger partial charge in [0.1, 0.15) is 12.4 Å². The number of aromatic nitrogens is 2. The van der Waals surface area contributed by atoms with Crippen LogP contribution >= 0.6 is 23.1 Å². The summed E-state index contributed by atoms with van der Waals surface area (Å²) in [4.78, 5) is 11.1. The fraction of sp³-hybridized carbons (Fsp3) is 0.333. The first-order valence-corrected chi connectivity index (χ1v) is 11.4. The summed E-state index contributed by atoms with van der Waals surface area (Å²) in [6.07, 6.45) is 1.75. The van der Waals surface area contributed by atoms with Crippen LogP contribution in [0.3, 0.4) is 0 Å². The largest absolute Gasteiger partial charge is 0.487 e. The number of benzene rings is 1. The van der Waals surface area contributed by atoms with Crippen molar-refractivity contribution in [3.05, 3.63) is 58.7 Å². The molecule has 0 amide bonds. The first kappa shape index (κ1) is 19.2. The van der Waals surface area contributed by atoms with Crippen molar-refractivity contribution in [3.63, 3.8) is 0 Å². The normalized spacial score (nSPS) is 14.8. The minimum Gasteiger partial charge on any atom is -0.487 e. The second kappa shape index (κ2) is 9.41. The lowest BCUT2D eigenvalue weighted by molar-refractivity contribution is 0.270. The van der Waals surface area contributed by atoms with Gasteiger partial charge in [-0.2, -0.15) is 11.8 Å². The van der Waals surface area contributed by atoms with E-state index >= 15 is 0 Å². The van der Waals surface area contributed by atoms with E-state index in [0.717, 1.165) is 42.2 Å². The highest BCUT2D eigenvalue weighted by atomic mass is 32.2. The fourth-order valence-corrected chi connectivity index (χ4v) is 4.77. The van der Waals surface area contributed by atoms with Crippen molar-refractivity contribution >= 4 is 23.1 Å². The van der Waals surface area contributed by atoms with Gasteiger partial charge in [-0.15, -0.1) is 11.3 Å². The summed E-state index contributed by atoms with van der Waals surface area (Å²) in [6, 6.07) is 10.3. The van der Waals surface area contributed by atoms with Crippen LogP contribution in [0.5, 0.6) is 11.6 Å². The van der Waals surface area contributed by atoms with E-state index in [9.17, 15) is 0 Å². The number of methoxy groups -OCH3 is 1. The van der Waals surface area contributed by atoms with Gasteiger partial charge in [0.15, 0.2) is 0 Å². The van der Waals surface area contributed by atoms with Gasteiger partial charge in [0.2, 0.25) is 5.88 Å². The van der Waals surface area contributed by atoms with Gasteiger partial charge in [-0.3, -0.25) is 4.90 Å². The van der Waals surface area contributed by atoms with Crippen molar-refractivity contribution in [2.45, 2.75) is 13.2 Å². The molecule has 4 rings (SSSR count). The van der Waals surface area contributed by atoms with Crippen LogP contribution in [0.1, 0.15) is 11.3 Å². The Morgan fingerprint density at radius 3 is 2.82 bits per heavy atom. The monoisotopic (exact) mass is 413 g/mol. The van der Waals surface area contributed by atoms with Gasteiger partial charge in [0.25, 0.3) is 0 Å². The molecule has 28 heavy (non-hydrogen) atoms. The standard InChI is InChI=1S/C21H23N3O2S2/c1-25-21-19(3-2-6-22-21)16-4-5-20(26-13-18-14-28-15-23-18)17(11-16)12-24-7-9-27-10-8-24/h2-6,11,14-15H,7-10,12-13H2,1H3. The molecule has 1 fully saturated rings. The molecular formula is C21H23N3O2S2. The summed E-state index contributed by atoms with van der Waals surface area (Å²) in [6.45, 7) is 3.58. The highest BCUT2D eigenvalue weighted by Gasteiger charge is 2.16. The third-order valence-corrected chi connectivity index (χ3v) is 6.27. The van der Waals surface area contributed by atoms with Crippen molar-refractivity contribution in [1.82, 2.24) is 14.9 Å². The van der Waals surface area contributed by atoms with Gasteiger partial charge in [0.05, 0.1) is 18.3 Å². The highest BCUT2D eigenvalue weighted by molar-refractivity contribution is 7.99. The van der Waals surface area contributed by atoms with E-state index in [1.54, 1.807) is 24.6 Å². The molecule has 146 valence electrons. The summed E-state index contributed by atoms with van der Waals surface area (Å²) < 4.78 is 11.6. The maximum atomic E-state index is 6.14. The van der Waals surface area contributed by atoms with Gasteiger partial charge in [-0.25, -0.2) is 9.97 Å². The van der Waals surface area contributed by atoms with E-state index in [4.69, 9.17) is 9.47 Å². The van der Waals surface area contributed by atoms with Crippen LogP contribution in [0.2, 0.25) is 0 Å². The van der Waals surface area contributed by atoms with Gasteiger partial charge in [-0.05, 0) is 29.8 Å². The minimum atomic E-state index is 0.488. The molecule has 0 aliphatic carbocycles. The number of pyridine rings is 1. The average molecular weight is 414 g/mol. The van der Waals surface area contributed by atoms with Crippen LogP contribution in [-0.4, -0.2) is 46.6 Å². The molecule has 1 saturated heterocycles. The van der Waals surface area contributed by atoms with Crippen molar-refractivity contribution in [3.8, 4) is 22.8 Å². The van der Waals surface area contributed by atoms with Gasteiger partial charge in [0, 0.05) is 53.8 Å². The Morgan fingerprint density at radius 2 is 2.04 bits per heavy atom. The van der Waals surface area contributed by atoms with Crippen LogP contribution in [0, 0.1) is 0 Å². The number of rotatable bonds is 7. The van der Waals surface area contributed by atoms with E-state index in [-0.39, 0.29) is 0 Å². The topological polar surface area (TPSA) is 47.5 Å². The Balaban J connectivity index is 1.62. The zero-order chi connectivity index (χ0) is 19.2. The van der Waals surface area contributed by atoms with Crippen molar-refractivity contribution < 1.29 is 9.47 Å². The molecule has 0 atom stereocenters. The van der Waals surface area contributed by atoms with Gasteiger partial charge in [-0.1, -0.05) is 6.07 Å². The van der Waals surface area contributed by atoms with E-state index < -0.39 is 0 Å². The number of hydrogen-bond acceptors (Lipinski definition) is 7. The third-order valence-electron chi connectivity index (χ3n) is 4.69. The molecule has 7 heteroatoms. The molecule has 0 saturated carbocycles. The van der Waals surface area contributed by atoms with Crippen molar-refractivity contribution in [2.75, 3.05) is 31.7 Å². The molecular weight excluding hydrogens is 390 g/mol. The molecule has 0 N–H and O–H groups in total. The minimum absolute atomic E-state index is 0.488. The smallest absolute Gasteiger partial charge is 0.221 e. The zero-order valence-electron chi connectivity index (χ0n) is 15.8. The van der Waals surface area contributed by atoms with Gasteiger partial charge >= 0.3 is 0 Å². The molecule has 0 radical (unpaired) electrons. The predicted octanol–water partition coefficient (Wildman–Crippen LogP) is 4.34. The Bertz CT molecular complexity index is 896. The van der Waals surface area contributed by atoms with Crippen LogP contribution < -0.4 is 9.47 Å². The van der Waals surface area contributed by atoms with Crippen LogP contribution in [0.4, 0.5) is 0 Å². The molecule has 5 nitrogen and oxygen atoms in total. The maximum Gasteiger partial charge on any atom is 0.221 e. The molecule has 0 spiro atoms. The SMILES string of the molecule is COc1ncccc1-c1ccc(OCc2cscn2)c(CN2CCSCC2)c1. The predicted molar refractivity (Wildman–Crippen MR) is 115 cm³/mol. The Morgan fingerprint density at radius 1 is 1.14 bits per heavy atom. The van der Waals surface area contributed by atoms with Crippen LogP contribution in [-0.2, 0) is 13.2 Å². The summed E-state index contributed by atoms with van der Waals surface area (Å²) in [5.41, 5.74) is 6.07. The lowest BCUT2D eigenvalue weighted by atomic mass is 10.0. The summed E-state index contributed by atoms with van der Waals surface area (Å²) >= 11 is 3.61. The molecule has 3 aromatic rings. The number of nitrogens with zero attached hydrogens (tertiary/aromatic N) is 3. The quantitative estimate of drug-likeness (QED) is 0.574. The first-order chi connectivity index (χ1) is 13.8. The molecule has 1 aromatic carbocycles. The number of thioether (sulfide) groups is 1.